The summed E-state index contributed by atoms with van der Waals surface area (Å²) in [6, 6.07) is 15.6. The van der Waals surface area contributed by atoms with Gasteiger partial charge in [-0.1, -0.05) is 43.7 Å². The lowest BCUT2D eigenvalue weighted by Gasteiger charge is -2.26. The standard InChI is InChI=1S/C23H33NOS/c1-20(21-8-4-2-5-9-21)11-12-23-14-13-22(26-23)10-6-3-7-15-24-16-18-25-19-17-24/h2,4-5,8-9,13-14,20H,3,6-7,10-12,15-19H2,1H3. The first kappa shape index (κ1) is 19.6. The molecule has 0 aliphatic carbocycles. The van der Waals surface area contributed by atoms with E-state index in [0.29, 0.717) is 5.92 Å². The van der Waals surface area contributed by atoms with Crippen LogP contribution in [0.3, 0.4) is 0 Å². The average molecular weight is 372 g/mol. The largest absolute Gasteiger partial charge is 0.379 e. The van der Waals surface area contributed by atoms with Crippen LogP contribution in [0.4, 0.5) is 0 Å². The predicted octanol–water partition coefficient (Wildman–Crippen LogP) is 5.53. The lowest BCUT2D eigenvalue weighted by molar-refractivity contribution is 0.0371. The monoisotopic (exact) mass is 371 g/mol. The van der Waals surface area contributed by atoms with Crippen molar-refractivity contribution in [3.63, 3.8) is 0 Å². The van der Waals surface area contributed by atoms with Crippen molar-refractivity contribution in [2.24, 2.45) is 0 Å². The highest BCUT2D eigenvalue weighted by atomic mass is 32.1. The van der Waals surface area contributed by atoms with E-state index in [1.54, 1.807) is 9.75 Å². The van der Waals surface area contributed by atoms with Crippen LogP contribution in [0, 0.1) is 0 Å². The molecule has 142 valence electrons. The molecular formula is C23H33NOS. The number of thiophene rings is 1. The maximum Gasteiger partial charge on any atom is 0.0594 e. The van der Waals surface area contributed by atoms with Crippen molar-refractivity contribution in [1.82, 2.24) is 4.90 Å². The minimum atomic E-state index is 0.641. The SMILES string of the molecule is CC(CCc1ccc(CCCCCN2CCOCC2)s1)c1ccccc1. The molecule has 2 aromatic rings. The third kappa shape index (κ3) is 6.53. The van der Waals surface area contributed by atoms with Gasteiger partial charge < -0.3 is 4.74 Å². The second-order valence-corrected chi connectivity index (χ2v) is 8.74. The maximum atomic E-state index is 5.41. The molecule has 1 aromatic carbocycles. The van der Waals surface area contributed by atoms with Crippen molar-refractivity contribution in [3.8, 4) is 0 Å². The number of ether oxygens (including phenoxy) is 1. The molecule has 3 rings (SSSR count). The van der Waals surface area contributed by atoms with Crippen LogP contribution in [0.1, 0.15) is 53.8 Å². The average Bonchev–Trinajstić information content (AvgIpc) is 3.15. The maximum absolute atomic E-state index is 5.41. The van der Waals surface area contributed by atoms with Crippen LogP contribution in [0.2, 0.25) is 0 Å². The summed E-state index contributed by atoms with van der Waals surface area (Å²) in [5, 5.41) is 0. The summed E-state index contributed by atoms with van der Waals surface area (Å²) in [5.74, 6) is 0.641. The van der Waals surface area contributed by atoms with Gasteiger partial charge in [0, 0.05) is 22.8 Å². The molecule has 0 saturated carbocycles. The van der Waals surface area contributed by atoms with E-state index in [-0.39, 0.29) is 0 Å². The van der Waals surface area contributed by atoms with Gasteiger partial charge in [-0.05, 0) is 62.3 Å². The molecular weight excluding hydrogens is 338 g/mol. The van der Waals surface area contributed by atoms with Crippen molar-refractivity contribution < 1.29 is 4.74 Å². The van der Waals surface area contributed by atoms with E-state index in [0.717, 1.165) is 26.3 Å². The minimum absolute atomic E-state index is 0.641. The number of nitrogens with zero attached hydrogens (tertiary/aromatic N) is 1. The van der Waals surface area contributed by atoms with Gasteiger partial charge in [0.15, 0.2) is 0 Å². The van der Waals surface area contributed by atoms with Gasteiger partial charge in [-0.25, -0.2) is 0 Å². The third-order valence-corrected chi connectivity index (χ3v) is 6.62. The Labute approximate surface area is 163 Å². The Morgan fingerprint density at radius 3 is 2.42 bits per heavy atom. The molecule has 2 heterocycles. The summed E-state index contributed by atoms with van der Waals surface area (Å²) in [4.78, 5) is 5.66. The number of unbranched alkanes of at least 4 members (excludes halogenated alkanes) is 2. The van der Waals surface area contributed by atoms with Crippen LogP contribution >= 0.6 is 11.3 Å². The molecule has 1 saturated heterocycles. The fourth-order valence-electron chi connectivity index (χ4n) is 3.63. The first-order valence-electron chi connectivity index (χ1n) is 10.2. The van der Waals surface area contributed by atoms with Crippen molar-refractivity contribution in [1.29, 1.82) is 0 Å². The number of benzene rings is 1. The highest BCUT2D eigenvalue weighted by Gasteiger charge is 2.09. The molecule has 0 bridgehead atoms. The number of hydrogen-bond donors (Lipinski definition) is 0. The topological polar surface area (TPSA) is 12.5 Å². The summed E-state index contributed by atoms with van der Waals surface area (Å²) in [7, 11) is 0. The normalized spacial score (nSPS) is 16.7. The first-order chi connectivity index (χ1) is 12.8. The fraction of sp³-hybridized carbons (Fsp3) is 0.565. The van der Waals surface area contributed by atoms with Crippen LogP contribution in [0.25, 0.3) is 0 Å². The molecule has 2 nitrogen and oxygen atoms in total. The lowest BCUT2D eigenvalue weighted by atomic mass is 9.96. The van der Waals surface area contributed by atoms with Gasteiger partial charge >= 0.3 is 0 Å². The van der Waals surface area contributed by atoms with E-state index in [4.69, 9.17) is 4.74 Å². The van der Waals surface area contributed by atoms with Gasteiger partial charge in [0.25, 0.3) is 0 Å². The fourth-order valence-corrected chi connectivity index (χ4v) is 4.71. The second kappa shape index (κ2) is 10.9. The number of aryl methyl sites for hydroxylation is 2. The van der Waals surface area contributed by atoms with E-state index < -0.39 is 0 Å². The van der Waals surface area contributed by atoms with Crippen molar-refractivity contribution >= 4 is 11.3 Å². The van der Waals surface area contributed by atoms with Crippen LogP contribution in [-0.4, -0.2) is 37.7 Å². The van der Waals surface area contributed by atoms with Gasteiger partial charge in [0.1, 0.15) is 0 Å². The van der Waals surface area contributed by atoms with Crippen LogP contribution < -0.4 is 0 Å². The molecule has 0 spiro atoms. The lowest BCUT2D eigenvalue weighted by Crippen LogP contribution is -2.36. The second-order valence-electron chi connectivity index (χ2n) is 7.48. The Kier molecular flexibility index (Phi) is 8.19. The van der Waals surface area contributed by atoms with Crippen molar-refractivity contribution in [2.45, 2.75) is 51.4 Å². The van der Waals surface area contributed by atoms with E-state index in [9.17, 15) is 0 Å². The van der Waals surface area contributed by atoms with Gasteiger partial charge in [-0.2, -0.15) is 0 Å². The third-order valence-electron chi connectivity index (χ3n) is 5.41. The minimum Gasteiger partial charge on any atom is -0.379 e. The van der Waals surface area contributed by atoms with Crippen LogP contribution in [0.5, 0.6) is 0 Å². The van der Waals surface area contributed by atoms with Crippen molar-refractivity contribution in [3.05, 3.63) is 57.8 Å². The van der Waals surface area contributed by atoms with Crippen LogP contribution in [-0.2, 0) is 17.6 Å². The summed E-state index contributed by atoms with van der Waals surface area (Å²) >= 11 is 2.03. The molecule has 0 amide bonds. The quantitative estimate of drug-likeness (QED) is 0.509. The van der Waals surface area contributed by atoms with Gasteiger partial charge in [0.2, 0.25) is 0 Å². The van der Waals surface area contributed by atoms with E-state index in [2.05, 4.69) is 54.3 Å². The molecule has 1 fully saturated rings. The number of hydrogen-bond acceptors (Lipinski definition) is 3. The molecule has 1 aliphatic rings. The highest BCUT2D eigenvalue weighted by Crippen LogP contribution is 2.25. The van der Waals surface area contributed by atoms with Gasteiger partial charge in [-0.3, -0.25) is 4.90 Å². The summed E-state index contributed by atoms with van der Waals surface area (Å²) in [5.41, 5.74) is 1.46. The zero-order valence-corrected chi connectivity index (χ0v) is 17.0. The Morgan fingerprint density at radius 1 is 0.923 bits per heavy atom. The predicted molar refractivity (Wildman–Crippen MR) is 112 cm³/mol. The molecule has 1 aromatic heterocycles. The Hall–Kier alpha value is -1.16. The molecule has 0 N–H and O–H groups in total. The molecule has 1 unspecified atom stereocenters. The van der Waals surface area contributed by atoms with Gasteiger partial charge in [-0.15, -0.1) is 11.3 Å². The number of rotatable bonds is 10. The van der Waals surface area contributed by atoms with Crippen LogP contribution in [0.15, 0.2) is 42.5 Å². The molecule has 0 radical (unpaired) electrons. The van der Waals surface area contributed by atoms with E-state index in [1.165, 1.54) is 50.6 Å². The summed E-state index contributed by atoms with van der Waals surface area (Å²) < 4.78 is 5.41. The Balaban J connectivity index is 1.30. The Morgan fingerprint density at radius 2 is 1.65 bits per heavy atom. The molecule has 3 heteroatoms. The Bertz CT molecular complexity index is 618. The smallest absolute Gasteiger partial charge is 0.0594 e. The summed E-state index contributed by atoms with van der Waals surface area (Å²) in [6.45, 7) is 7.67. The highest BCUT2D eigenvalue weighted by molar-refractivity contribution is 7.11. The number of morpholine rings is 1. The first-order valence-corrected chi connectivity index (χ1v) is 11.1. The zero-order valence-electron chi connectivity index (χ0n) is 16.2. The summed E-state index contributed by atoms with van der Waals surface area (Å²) in [6.07, 6.45) is 7.69. The molecule has 1 aliphatic heterocycles. The van der Waals surface area contributed by atoms with E-state index >= 15 is 0 Å². The van der Waals surface area contributed by atoms with E-state index in [1.807, 2.05) is 11.3 Å². The van der Waals surface area contributed by atoms with Crippen molar-refractivity contribution in [2.75, 3.05) is 32.8 Å². The molecule has 26 heavy (non-hydrogen) atoms. The molecule has 1 atom stereocenters. The zero-order chi connectivity index (χ0) is 18.0. The van der Waals surface area contributed by atoms with Gasteiger partial charge in [0.05, 0.1) is 13.2 Å².